The lowest BCUT2D eigenvalue weighted by Gasteiger charge is -2.01. The molecular weight excluding hydrogens is 231 g/mol. The summed E-state index contributed by atoms with van der Waals surface area (Å²) >= 11 is 5.66. The molecule has 0 saturated heterocycles. The molecule has 0 aliphatic heterocycles. The molecule has 1 aromatic heterocycles. The van der Waals surface area contributed by atoms with E-state index in [2.05, 4.69) is 5.10 Å². The minimum Gasteiger partial charge on any atom is -0.292 e. The number of Topliss-reactive ketones (excluding diaryl/α,β-unsaturated/α-hetero) is 1. The van der Waals surface area contributed by atoms with E-state index in [1.807, 2.05) is 0 Å². The van der Waals surface area contributed by atoms with Crippen LogP contribution in [0.1, 0.15) is 10.4 Å². The average Bonchev–Trinajstić information content (AvgIpc) is 2.64. The van der Waals surface area contributed by atoms with Crippen molar-refractivity contribution in [3.63, 3.8) is 0 Å². The molecule has 82 valence electrons. The normalized spacial score (nSPS) is 10.4. The van der Waals surface area contributed by atoms with E-state index >= 15 is 0 Å². The van der Waals surface area contributed by atoms with Crippen LogP contribution < -0.4 is 0 Å². The Balaban J connectivity index is 2.14. The van der Waals surface area contributed by atoms with Gasteiger partial charge in [0, 0.05) is 11.8 Å². The summed E-state index contributed by atoms with van der Waals surface area (Å²) in [6, 6.07) is 5.56. The summed E-state index contributed by atoms with van der Waals surface area (Å²) in [5.41, 5.74) is 0.326. The molecule has 0 saturated carbocycles. The Labute approximate surface area is 96.5 Å². The fourth-order valence-electron chi connectivity index (χ4n) is 1.33. The molecule has 0 bridgehead atoms. The number of benzene rings is 1. The Morgan fingerprint density at radius 3 is 2.94 bits per heavy atom. The molecule has 16 heavy (non-hydrogen) atoms. The van der Waals surface area contributed by atoms with Crippen molar-refractivity contribution >= 4 is 17.4 Å². The van der Waals surface area contributed by atoms with Gasteiger partial charge in [0.15, 0.2) is 5.78 Å². The van der Waals surface area contributed by atoms with Crippen molar-refractivity contribution in [1.29, 1.82) is 0 Å². The predicted octanol–water partition coefficient (Wildman–Crippen LogP) is 2.56. The van der Waals surface area contributed by atoms with Crippen LogP contribution in [0.4, 0.5) is 4.39 Å². The van der Waals surface area contributed by atoms with Gasteiger partial charge in [0.1, 0.15) is 12.4 Å². The van der Waals surface area contributed by atoms with Gasteiger partial charge in [-0.2, -0.15) is 5.10 Å². The Bertz CT molecular complexity index is 524. The van der Waals surface area contributed by atoms with Gasteiger partial charge in [-0.25, -0.2) is 4.39 Å². The number of rotatable bonds is 3. The first-order valence-corrected chi connectivity index (χ1v) is 4.99. The standard InChI is InChI=1S/C11H8ClFN2O/c12-9-5-14-15(6-9)7-11(16)8-2-1-3-10(13)4-8/h1-6H,7H2. The average molecular weight is 239 g/mol. The van der Waals surface area contributed by atoms with E-state index in [0.29, 0.717) is 10.6 Å². The van der Waals surface area contributed by atoms with Crippen molar-refractivity contribution in [3.05, 3.63) is 53.1 Å². The fourth-order valence-corrected chi connectivity index (χ4v) is 1.48. The van der Waals surface area contributed by atoms with Crippen LogP contribution in [-0.4, -0.2) is 15.6 Å². The number of ketones is 1. The Morgan fingerprint density at radius 1 is 1.50 bits per heavy atom. The van der Waals surface area contributed by atoms with E-state index in [1.54, 1.807) is 12.3 Å². The molecule has 1 aromatic carbocycles. The van der Waals surface area contributed by atoms with E-state index in [4.69, 9.17) is 11.6 Å². The molecule has 0 radical (unpaired) electrons. The van der Waals surface area contributed by atoms with Crippen LogP contribution in [0.2, 0.25) is 5.02 Å². The van der Waals surface area contributed by atoms with Gasteiger partial charge in [-0.05, 0) is 12.1 Å². The zero-order chi connectivity index (χ0) is 11.5. The van der Waals surface area contributed by atoms with Crippen molar-refractivity contribution in [1.82, 2.24) is 9.78 Å². The maximum atomic E-state index is 12.9. The van der Waals surface area contributed by atoms with Gasteiger partial charge in [0.2, 0.25) is 0 Å². The Morgan fingerprint density at radius 2 is 2.31 bits per heavy atom. The summed E-state index contributed by atoms with van der Waals surface area (Å²) in [6.07, 6.45) is 2.99. The summed E-state index contributed by atoms with van der Waals surface area (Å²) in [7, 11) is 0. The van der Waals surface area contributed by atoms with Crippen LogP contribution in [0.5, 0.6) is 0 Å². The summed E-state index contributed by atoms with van der Waals surface area (Å²) in [5.74, 6) is -0.636. The number of carbonyl (C=O) groups excluding carboxylic acids is 1. The minimum atomic E-state index is -0.427. The second-order valence-corrected chi connectivity index (χ2v) is 3.73. The first kappa shape index (κ1) is 10.8. The summed E-state index contributed by atoms with van der Waals surface area (Å²) < 4.78 is 14.3. The van der Waals surface area contributed by atoms with Crippen LogP contribution in [0.3, 0.4) is 0 Å². The topological polar surface area (TPSA) is 34.9 Å². The predicted molar refractivity (Wildman–Crippen MR) is 58.0 cm³/mol. The van der Waals surface area contributed by atoms with Crippen LogP contribution in [-0.2, 0) is 6.54 Å². The third-order valence-electron chi connectivity index (χ3n) is 2.05. The van der Waals surface area contributed by atoms with E-state index in [9.17, 15) is 9.18 Å². The molecule has 0 spiro atoms. The highest BCUT2D eigenvalue weighted by atomic mass is 35.5. The molecule has 3 nitrogen and oxygen atoms in total. The lowest BCUT2D eigenvalue weighted by Crippen LogP contribution is -2.10. The van der Waals surface area contributed by atoms with Crippen molar-refractivity contribution in [3.8, 4) is 0 Å². The molecule has 0 unspecified atom stereocenters. The number of halogens is 2. The van der Waals surface area contributed by atoms with Crippen molar-refractivity contribution < 1.29 is 9.18 Å². The van der Waals surface area contributed by atoms with Gasteiger partial charge in [0.25, 0.3) is 0 Å². The highest BCUT2D eigenvalue weighted by Gasteiger charge is 2.08. The zero-order valence-electron chi connectivity index (χ0n) is 8.23. The molecule has 0 N–H and O–H groups in total. The summed E-state index contributed by atoms with van der Waals surface area (Å²) in [6.45, 7) is 0.0518. The van der Waals surface area contributed by atoms with E-state index in [1.165, 1.54) is 29.1 Å². The third kappa shape index (κ3) is 2.46. The maximum Gasteiger partial charge on any atom is 0.184 e. The molecule has 5 heteroatoms. The quantitative estimate of drug-likeness (QED) is 0.771. The van der Waals surface area contributed by atoms with Crippen molar-refractivity contribution in [2.75, 3.05) is 0 Å². The maximum absolute atomic E-state index is 12.9. The van der Waals surface area contributed by atoms with Gasteiger partial charge >= 0.3 is 0 Å². The molecule has 2 rings (SSSR count). The van der Waals surface area contributed by atoms with Crippen LogP contribution in [0.25, 0.3) is 0 Å². The van der Waals surface area contributed by atoms with Gasteiger partial charge in [0.05, 0.1) is 11.2 Å². The lowest BCUT2D eigenvalue weighted by molar-refractivity contribution is 0.0967. The first-order valence-electron chi connectivity index (χ1n) is 4.62. The number of carbonyl (C=O) groups is 1. The van der Waals surface area contributed by atoms with Crippen LogP contribution >= 0.6 is 11.6 Å². The van der Waals surface area contributed by atoms with Crippen LogP contribution in [0.15, 0.2) is 36.7 Å². The minimum absolute atomic E-state index is 0.0518. The highest BCUT2D eigenvalue weighted by Crippen LogP contribution is 2.08. The largest absolute Gasteiger partial charge is 0.292 e. The smallest absolute Gasteiger partial charge is 0.184 e. The summed E-state index contributed by atoms with van der Waals surface area (Å²) in [5, 5.41) is 4.34. The number of nitrogens with zero attached hydrogens (tertiary/aromatic N) is 2. The molecule has 0 aliphatic rings. The van der Waals surface area contributed by atoms with Gasteiger partial charge in [-0.1, -0.05) is 23.7 Å². The first-order chi connectivity index (χ1) is 7.65. The molecule has 0 aliphatic carbocycles. The molecule has 0 amide bonds. The Hall–Kier alpha value is -1.68. The highest BCUT2D eigenvalue weighted by molar-refractivity contribution is 6.30. The van der Waals surface area contributed by atoms with E-state index in [-0.39, 0.29) is 12.3 Å². The monoisotopic (exact) mass is 238 g/mol. The zero-order valence-corrected chi connectivity index (χ0v) is 8.99. The number of aromatic nitrogens is 2. The van der Waals surface area contributed by atoms with Crippen LogP contribution in [0, 0.1) is 5.82 Å². The summed E-state index contributed by atoms with van der Waals surface area (Å²) in [4.78, 5) is 11.7. The SMILES string of the molecule is O=C(Cn1cc(Cl)cn1)c1cccc(F)c1. The molecule has 1 heterocycles. The van der Waals surface area contributed by atoms with Gasteiger partial charge < -0.3 is 0 Å². The second kappa shape index (κ2) is 4.45. The number of hydrogen-bond acceptors (Lipinski definition) is 2. The molecular formula is C11H8ClFN2O. The van der Waals surface area contributed by atoms with Crippen molar-refractivity contribution in [2.45, 2.75) is 6.54 Å². The number of hydrogen-bond donors (Lipinski definition) is 0. The molecule has 0 atom stereocenters. The third-order valence-corrected chi connectivity index (χ3v) is 2.25. The van der Waals surface area contributed by atoms with Gasteiger partial charge in [-0.15, -0.1) is 0 Å². The van der Waals surface area contributed by atoms with Crippen molar-refractivity contribution in [2.24, 2.45) is 0 Å². The molecule has 0 fully saturated rings. The van der Waals surface area contributed by atoms with E-state index in [0.717, 1.165) is 0 Å². The Kier molecular flexibility index (Phi) is 3.01. The van der Waals surface area contributed by atoms with E-state index < -0.39 is 5.82 Å². The molecule has 2 aromatic rings. The van der Waals surface area contributed by atoms with Gasteiger partial charge in [-0.3, -0.25) is 9.48 Å². The fraction of sp³-hybridized carbons (Fsp3) is 0.0909. The second-order valence-electron chi connectivity index (χ2n) is 3.29. The lowest BCUT2D eigenvalue weighted by atomic mass is 10.1.